The van der Waals surface area contributed by atoms with Gasteiger partial charge in [0.2, 0.25) is 0 Å². The summed E-state index contributed by atoms with van der Waals surface area (Å²) in [6.07, 6.45) is 11.6. The van der Waals surface area contributed by atoms with E-state index < -0.39 is 18.4 Å². The topological polar surface area (TPSA) is 0 Å². The Kier molecular flexibility index (Phi) is 10.2. The Balaban J connectivity index is 4.98. The predicted molar refractivity (Wildman–Crippen MR) is 103 cm³/mol. The molecule has 0 aromatic rings. The van der Waals surface area contributed by atoms with Crippen molar-refractivity contribution in [3.8, 4) is 0 Å². The van der Waals surface area contributed by atoms with Crippen molar-refractivity contribution in [3.63, 3.8) is 0 Å². The standard InChI is InChI=1S/2C6H13.2C4H9.Sn/c2*1-3-5-6-4-2;2*1-4(2)3;/h2*1,3-6H2,2H3;2*1-3H3;. The summed E-state index contributed by atoms with van der Waals surface area (Å²) >= 11 is -2.21. The van der Waals surface area contributed by atoms with E-state index in [2.05, 4.69) is 55.4 Å². The van der Waals surface area contributed by atoms with E-state index in [4.69, 9.17) is 0 Å². The van der Waals surface area contributed by atoms with Crippen molar-refractivity contribution in [3.05, 3.63) is 0 Å². The van der Waals surface area contributed by atoms with Crippen LogP contribution in [0.4, 0.5) is 0 Å². The molecule has 0 fully saturated rings. The SMILES string of the molecule is CCCCC[CH2][Sn]([CH2]CCCCC)([C](C)(C)C)[C](C)(C)C. The van der Waals surface area contributed by atoms with Crippen LogP contribution in [0.15, 0.2) is 0 Å². The molecule has 0 heterocycles. The summed E-state index contributed by atoms with van der Waals surface area (Å²) in [4.78, 5) is 0. The normalized spacial score (nSPS) is 13.7. The molecule has 0 unspecified atom stereocenters. The molecule has 0 aliphatic rings. The van der Waals surface area contributed by atoms with E-state index in [-0.39, 0.29) is 0 Å². The predicted octanol–water partition coefficient (Wildman–Crippen LogP) is 8.20. The molecule has 1 heteroatoms. The summed E-state index contributed by atoms with van der Waals surface area (Å²) < 4.78 is 4.44. The molecule has 0 rings (SSSR count). The molecule has 0 radical (unpaired) electrons. The van der Waals surface area contributed by atoms with E-state index in [1.54, 1.807) is 8.87 Å². The first kappa shape index (κ1) is 21.8. The van der Waals surface area contributed by atoms with Crippen LogP contribution in [0.5, 0.6) is 0 Å². The maximum absolute atomic E-state index is 2.58. The van der Waals surface area contributed by atoms with Crippen LogP contribution >= 0.6 is 0 Å². The van der Waals surface area contributed by atoms with Gasteiger partial charge in [-0.2, -0.15) is 0 Å². The van der Waals surface area contributed by atoms with Crippen molar-refractivity contribution < 1.29 is 0 Å². The third-order valence-electron chi connectivity index (χ3n) is 5.79. The maximum atomic E-state index is 2.58. The first-order chi connectivity index (χ1) is 9.62. The molecule has 0 saturated heterocycles. The molecule has 0 aliphatic carbocycles. The molecule has 21 heavy (non-hydrogen) atoms. The number of unbranched alkanes of at least 4 members (excludes halogenated alkanes) is 6. The fourth-order valence-corrected chi connectivity index (χ4v) is 25.0. The van der Waals surface area contributed by atoms with Crippen LogP contribution < -0.4 is 0 Å². The van der Waals surface area contributed by atoms with Gasteiger partial charge >= 0.3 is 141 Å². The zero-order chi connectivity index (χ0) is 16.6. The molecule has 0 nitrogen and oxygen atoms in total. The van der Waals surface area contributed by atoms with Crippen LogP contribution in [0.25, 0.3) is 0 Å². The molecule has 0 aromatic heterocycles. The van der Waals surface area contributed by atoms with Crippen molar-refractivity contribution >= 4 is 18.4 Å². The van der Waals surface area contributed by atoms with Crippen molar-refractivity contribution in [1.29, 1.82) is 0 Å². The van der Waals surface area contributed by atoms with E-state index in [1.165, 1.54) is 51.4 Å². The average molecular weight is 403 g/mol. The van der Waals surface area contributed by atoms with E-state index in [0.717, 1.165) is 0 Å². The summed E-state index contributed by atoms with van der Waals surface area (Å²) in [5.41, 5.74) is 0. The average Bonchev–Trinajstić information content (AvgIpc) is 2.34. The Morgan fingerprint density at radius 3 is 1.10 bits per heavy atom. The van der Waals surface area contributed by atoms with Gasteiger partial charge in [-0.3, -0.25) is 0 Å². The van der Waals surface area contributed by atoms with Crippen LogP contribution in [0.1, 0.15) is 107 Å². The molecule has 0 saturated carbocycles. The van der Waals surface area contributed by atoms with Gasteiger partial charge in [0.25, 0.3) is 0 Å². The molecule has 0 spiro atoms. The molecule has 128 valence electrons. The molecular weight excluding hydrogens is 359 g/mol. The first-order valence-corrected chi connectivity index (χ1v) is 16.5. The second-order valence-electron chi connectivity index (χ2n) is 9.20. The molecule has 0 aliphatic heterocycles. The van der Waals surface area contributed by atoms with Gasteiger partial charge in [0.1, 0.15) is 0 Å². The van der Waals surface area contributed by atoms with Crippen LogP contribution in [-0.2, 0) is 0 Å². The molecule has 0 aromatic carbocycles. The molecule has 0 amide bonds. The van der Waals surface area contributed by atoms with E-state index in [9.17, 15) is 0 Å². The van der Waals surface area contributed by atoms with Crippen LogP contribution in [0.2, 0.25) is 15.7 Å². The van der Waals surface area contributed by atoms with Crippen LogP contribution in [0, 0.1) is 0 Å². The van der Waals surface area contributed by atoms with Gasteiger partial charge in [-0.1, -0.05) is 0 Å². The Labute approximate surface area is 140 Å². The molecular formula is C20H44Sn. The third kappa shape index (κ3) is 6.83. The zero-order valence-electron chi connectivity index (χ0n) is 16.6. The number of hydrogen-bond acceptors (Lipinski definition) is 0. The van der Waals surface area contributed by atoms with Crippen LogP contribution in [-0.4, -0.2) is 18.4 Å². The Morgan fingerprint density at radius 2 is 0.857 bits per heavy atom. The van der Waals surface area contributed by atoms with E-state index in [1.807, 2.05) is 0 Å². The number of rotatable bonds is 10. The van der Waals surface area contributed by atoms with Crippen LogP contribution in [0.3, 0.4) is 0 Å². The van der Waals surface area contributed by atoms with Gasteiger partial charge in [-0.05, 0) is 0 Å². The summed E-state index contributed by atoms with van der Waals surface area (Å²) in [5.74, 6) is 0. The van der Waals surface area contributed by atoms with Crippen molar-refractivity contribution in [1.82, 2.24) is 0 Å². The van der Waals surface area contributed by atoms with Gasteiger partial charge in [-0.25, -0.2) is 0 Å². The van der Waals surface area contributed by atoms with Gasteiger partial charge in [0.05, 0.1) is 0 Å². The van der Waals surface area contributed by atoms with Crippen molar-refractivity contribution in [2.24, 2.45) is 0 Å². The fraction of sp³-hybridized carbons (Fsp3) is 1.00. The summed E-state index contributed by atoms with van der Waals surface area (Å²) in [6.45, 7) is 20.1. The second kappa shape index (κ2) is 9.83. The van der Waals surface area contributed by atoms with Gasteiger partial charge in [0, 0.05) is 0 Å². The van der Waals surface area contributed by atoms with Gasteiger partial charge in [-0.15, -0.1) is 0 Å². The Morgan fingerprint density at radius 1 is 0.524 bits per heavy atom. The minimum absolute atomic E-state index is 0.603. The minimum atomic E-state index is -2.21. The quantitative estimate of drug-likeness (QED) is 0.255. The molecule has 0 N–H and O–H groups in total. The second-order valence-corrected chi connectivity index (χ2v) is 26.8. The Bertz CT molecular complexity index is 226. The fourth-order valence-electron chi connectivity index (χ4n) is 4.46. The summed E-state index contributed by atoms with van der Waals surface area (Å²) in [7, 11) is 0. The monoisotopic (exact) mass is 404 g/mol. The number of hydrogen-bond donors (Lipinski definition) is 0. The van der Waals surface area contributed by atoms with E-state index >= 15 is 0 Å². The van der Waals surface area contributed by atoms with Gasteiger partial charge < -0.3 is 0 Å². The summed E-state index contributed by atoms with van der Waals surface area (Å²) in [6, 6.07) is 0. The van der Waals surface area contributed by atoms with Crippen molar-refractivity contribution in [2.75, 3.05) is 0 Å². The van der Waals surface area contributed by atoms with Crippen molar-refractivity contribution in [2.45, 2.75) is 122 Å². The van der Waals surface area contributed by atoms with Gasteiger partial charge in [0.15, 0.2) is 0 Å². The molecule has 0 atom stereocenters. The Hall–Kier alpha value is 0.799. The third-order valence-corrected chi connectivity index (χ3v) is 29.1. The first-order valence-electron chi connectivity index (χ1n) is 9.62. The zero-order valence-corrected chi connectivity index (χ0v) is 19.4. The molecule has 0 bridgehead atoms. The summed E-state index contributed by atoms with van der Waals surface area (Å²) in [5, 5.41) is 0. The van der Waals surface area contributed by atoms with E-state index in [0.29, 0.717) is 6.86 Å².